The first-order valence-corrected chi connectivity index (χ1v) is 11.2. The summed E-state index contributed by atoms with van der Waals surface area (Å²) in [7, 11) is 1.64. The highest BCUT2D eigenvalue weighted by Gasteiger charge is 2.30. The van der Waals surface area contributed by atoms with Crippen LogP contribution < -0.4 is 4.74 Å². The number of aromatic nitrogens is 2. The third-order valence-electron chi connectivity index (χ3n) is 5.98. The van der Waals surface area contributed by atoms with Crippen molar-refractivity contribution in [2.75, 3.05) is 20.2 Å². The van der Waals surface area contributed by atoms with Crippen LogP contribution in [0, 0.1) is 5.82 Å². The lowest BCUT2D eigenvalue weighted by atomic mass is 9.97. The minimum absolute atomic E-state index is 0.00219. The van der Waals surface area contributed by atoms with E-state index in [-0.39, 0.29) is 23.4 Å². The van der Waals surface area contributed by atoms with E-state index in [1.165, 1.54) is 12.1 Å². The highest BCUT2D eigenvalue weighted by Crippen LogP contribution is 2.29. The van der Waals surface area contributed by atoms with Crippen molar-refractivity contribution in [2.45, 2.75) is 25.2 Å². The average molecular weight is 461 g/mol. The monoisotopic (exact) mass is 461 g/mol. The number of methoxy groups -OCH3 is 1. The number of rotatable bonds is 6. The van der Waals surface area contributed by atoms with Gasteiger partial charge in [0.05, 0.1) is 19.2 Å². The van der Waals surface area contributed by atoms with E-state index < -0.39 is 0 Å². The molecule has 0 saturated carbocycles. The second kappa shape index (κ2) is 9.51. The molecule has 0 N–H and O–H groups in total. The lowest BCUT2D eigenvalue weighted by Crippen LogP contribution is -2.39. The molecular weight excluding hydrogens is 437 g/mol. The first-order chi connectivity index (χ1) is 16.6. The fourth-order valence-electron chi connectivity index (χ4n) is 4.26. The summed E-state index contributed by atoms with van der Waals surface area (Å²) in [5.74, 6) is 1.71. The third kappa shape index (κ3) is 4.71. The first-order valence-electron chi connectivity index (χ1n) is 11.2. The van der Waals surface area contributed by atoms with Gasteiger partial charge in [-0.15, -0.1) is 0 Å². The topological polar surface area (TPSA) is 81.6 Å². The Hall–Kier alpha value is -3.94. The van der Waals surface area contributed by atoms with Crippen LogP contribution in [0.4, 0.5) is 4.39 Å². The molecule has 1 saturated heterocycles. The van der Waals surface area contributed by atoms with Crippen LogP contribution in [-0.4, -0.2) is 41.1 Å². The maximum atomic E-state index is 13.5. The number of hydrogen-bond donors (Lipinski definition) is 0. The number of piperidine rings is 1. The van der Waals surface area contributed by atoms with Gasteiger partial charge in [-0.1, -0.05) is 29.4 Å². The molecule has 2 aromatic carbocycles. The zero-order chi connectivity index (χ0) is 23.5. The normalized spacial score (nSPS) is 15.9. The molecule has 0 aliphatic carbocycles. The first kappa shape index (κ1) is 21.9. The fraction of sp³-hybridized carbons (Fsp3) is 0.269. The van der Waals surface area contributed by atoms with Crippen molar-refractivity contribution in [1.29, 1.82) is 0 Å². The van der Waals surface area contributed by atoms with Gasteiger partial charge in [0.1, 0.15) is 23.0 Å². The summed E-state index contributed by atoms with van der Waals surface area (Å²) in [6, 6.07) is 15.4. The summed E-state index contributed by atoms with van der Waals surface area (Å²) >= 11 is 0. The number of oxazole rings is 1. The van der Waals surface area contributed by atoms with E-state index in [4.69, 9.17) is 13.7 Å². The third-order valence-corrected chi connectivity index (χ3v) is 5.98. The molecular formula is C26H24FN3O4. The maximum Gasteiger partial charge on any atom is 0.292 e. The number of amides is 1. The molecule has 3 heterocycles. The molecule has 1 fully saturated rings. The van der Waals surface area contributed by atoms with Crippen molar-refractivity contribution in [2.24, 2.45) is 0 Å². The minimum atomic E-state index is -0.371. The van der Waals surface area contributed by atoms with E-state index in [0.29, 0.717) is 36.7 Å². The van der Waals surface area contributed by atoms with Gasteiger partial charge in [0.25, 0.3) is 5.91 Å². The van der Waals surface area contributed by atoms with Gasteiger partial charge in [-0.2, -0.15) is 0 Å². The van der Waals surface area contributed by atoms with Crippen LogP contribution in [0.2, 0.25) is 0 Å². The van der Waals surface area contributed by atoms with E-state index in [1.807, 2.05) is 24.3 Å². The van der Waals surface area contributed by atoms with Gasteiger partial charge in [0.15, 0.2) is 5.89 Å². The highest BCUT2D eigenvalue weighted by atomic mass is 19.1. The summed E-state index contributed by atoms with van der Waals surface area (Å²) in [4.78, 5) is 19.3. The summed E-state index contributed by atoms with van der Waals surface area (Å²) in [6.45, 7) is 1.09. The SMILES string of the molecule is COc1cccc(Cc2cnc([C@@H]3CCCN(C(=O)c4cc(-c5cccc(F)c5)no4)C3)o2)c1. The van der Waals surface area contributed by atoms with Gasteiger partial charge in [-0.05, 0) is 42.7 Å². The number of hydrogen-bond acceptors (Lipinski definition) is 6. The summed E-state index contributed by atoms with van der Waals surface area (Å²) < 4.78 is 30.1. The molecule has 34 heavy (non-hydrogen) atoms. The van der Waals surface area contributed by atoms with Gasteiger partial charge >= 0.3 is 0 Å². The molecule has 4 aromatic rings. The Morgan fingerprint density at radius 2 is 2.09 bits per heavy atom. The molecule has 0 radical (unpaired) electrons. The number of halogens is 1. The van der Waals surface area contributed by atoms with Crippen molar-refractivity contribution in [3.8, 4) is 17.0 Å². The van der Waals surface area contributed by atoms with E-state index in [0.717, 1.165) is 29.9 Å². The maximum absolute atomic E-state index is 13.5. The zero-order valence-corrected chi connectivity index (χ0v) is 18.7. The van der Waals surface area contributed by atoms with Gasteiger partial charge in [0, 0.05) is 31.1 Å². The van der Waals surface area contributed by atoms with E-state index in [2.05, 4.69) is 10.1 Å². The Morgan fingerprint density at radius 1 is 1.21 bits per heavy atom. The summed E-state index contributed by atoms with van der Waals surface area (Å²) in [5.41, 5.74) is 2.05. The lowest BCUT2D eigenvalue weighted by molar-refractivity contribution is 0.0656. The van der Waals surface area contributed by atoms with Crippen LogP contribution in [0.3, 0.4) is 0 Å². The molecule has 0 unspecified atom stereocenters. The average Bonchev–Trinajstić information content (AvgIpc) is 3.54. The quantitative estimate of drug-likeness (QED) is 0.398. The van der Waals surface area contributed by atoms with Crippen molar-refractivity contribution in [3.05, 3.63) is 89.6 Å². The molecule has 5 rings (SSSR count). The van der Waals surface area contributed by atoms with Gasteiger partial charge in [0.2, 0.25) is 5.76 Å². The Balaban J connectivity index is 1.26. The van der Waals surface area contributed by atoms with Crippen LogP contribution in [0.25, 0.3) is 11.3 Å². The number of carbonyl (C=O) groups is 1. The van der Waals surface area contributed by atoms with E-state index >= 15 is 0 Å². The van der Waals surface area contributed by atoms with Crippen molar-refractivity contribution >= 4 is 5.91 Å². The molecule has 1 atom stereocenters. The Kier molecular flexibility index (Phi) is 6.12. The number of benzene rings is 2. The Morgan fingerprint density at radius 3 is 2.94 bits per heavy atom. The number of ether oxygens (including phenoxy) is 1. The van der Waals surface area contributed by atoms with Crippen molar-refractivity contribution in [1.82, 2.24) is 15.0 Å². The predicted octanol–water partition coefficient (Wildman–Crippen LogP) is 5.09. The lowest BCUT2D eigenvalue weighted by Gasteiger charge is -2.30. The molecule has 1 aliphatic heterocycles. The second-order valence-electron chi connectivity index (χ2n) is 8.37. The molecule has 1 amide bonds. The molecule has 1 aliphatic rings. The van der Waals surface area contributed by atoms with Crippen LogP contribution in [0.1, 0.15) is 46.5 Å². The Labute approximate surface area is 196 Å². The molecule has 174 valence electrons. The van der Waals surface area contributed by atoms with Crippen LogP contribution in [0.5, 0.6) is 5.75 Å². The second-order valence-corrected chi connectivity index (χ2v) is 8.37. The molecule has 8 heteroatoms. The van der Waals surface area contributed by atoms with Crippen LogP contribution in [-0.2, 0) is 6.42 Å². The number of carbonyl (C=O) groups excluding carboxylic acids is 1. The number of nitrogens with zero attached hydrogens (tertiary/aromatic N) is 3. The molecule has 0 spiro atoms. The van der Waals surface area contributed by atoms with Crippen LogP contribution in [0.15, 0.2) is 69.7 Å². The molecule has 2 aromatic heterocycles. The van der Waals surface area contributed by atoms with Crippen molar-refractivity contribution < 1.29 is 22.9 Å². The molecule has 7 nitrogen and oxygen atoms in total. The fourth-order valence-corrected chi connectivity index (χ4v) is 4.26. The largest absolute Gasteiger partial charge is 0.497 e. The Bertz CT molecular complexity index is 1300. The summed E-state index contributed by atoms with van der Waals surface area (Å²) in [6.07, 6.45) is 4.07. The highest BCUT2D eigenvalue weighted by molar-refractivity contribution is 5.92. The van der Waals surface area contributed by atoms with Gasteiger partial charge in [-0.25, -0.2) is 9.37 Å². The smallest absolute Gasteiger partial charge is 0.292 e. The standard InChI is InChI=1S/C26H24FN3O4/c1-32-21-9-2-5-17(11-21)12-22-15-28-25(33-22)19-7-4-10-30(16-19)26(31)24-14-23(29-34-24)18-6-3-8-20(27)13-18/h2-3,5-6,8-9,11,13-15,19H,4,7,10,12,16H2,1H3/t19-/m1/s1. The molecule has 0 bridgehead atoms. The van der Waals surface area contributed by atoms with Crippen molar-refractivity contribution in [3.63, 3.8) is 0 Å². The zero-order valence-electron chi connectivity index (χ0n) is 18.7. The summed E-state index contributed by atoms with van der Waals surface area (Å²) in [5, 5.41) is 3.95. The minimum Gasteiger partial charge on any atom is -0.497 e. The number of likely N-dealkylation sites (tertiary alicyclic amines) is 1. The van der Waals surface area contributed by atoms with E-state index in [9.17, 15) is 9.18 Å². The van der Waals surface area contributed by atoms with Gasteiger partial charge in [-0.3, -0.25) is 4.79 Å². The van der Waals surface area contributed by atoms with Gasteiger partial charge < -0.3 is 18.6 Å². The van der Waals surface area contributed by atoms with Crippen LogP contribution >= 0.6 is 0 Å². The van der Waals surface area contributed by atoms with E-state index in [1.54, 1.807) is 36.4 Å². The predicted molar refractivity (Wildman–Crippen MR) is 122 cm³/mol.